The van der Waals surface area contributed by atoms with Crippen molar-refractivity contribution in [3.8, 4) is 0 Å². The number of hydrogen-bond donors (Lipinski definition) is 15. The molecule has 0 saturated carbocycles. The molecule has 29 nitrogen and oxygen atoms in total. The highest BCUT2D eigenvalue weighted by Crippen LogP contribution is 2.53. The van der Waals surface area contributed by atoms with Gasteiger partial charge in [-0.25, -0.2) is 9.59 Å². The minimum atomic E-state index is -1.89. The van der Waals surface area contributed by atoms with Crippen LogP contribution in [0.25, 0.3) is 0 Å². The topological polar surface area (TPSA) is 480 Å². The first kappa shape index (κ1) is 94.7. The number of esters is 2. The summed E-state index contributed by atoms with van der Waals surface area (Å²) >= 11 is 0. The molecule has 0 aromatic heterocycles. The van der Waals surface area contributed by atoms with Crippen molar-refractivity contribution in [2.75, 3.05) is 26.4 Å². The van der Waals surface area contributed by atoms with E-state index in [1.54, 1.807) is 20.8 Å². The Bertz CT molecular complexity index is 3910. The van der Waals surface area contributed by atoms with E-state index < -0.39 is 150 Å². The van der Waals surface area contributed by atoms with Crippen LogP contribution in [0.15, 0.2) is 162 Å². The van der Waals surface area contributed by atoms with Crippen molar-refractivity contribution >= 4 is 35.1 Å². The minimum Gasteiger partial charge on any atom is -0.505 e. The Morgan fingerprint density at radius 2 is 0.853 bits per heavy atom. The average Bonchev–Trinajstić information content (AvgIpc) is 1.67. The lowest BCUT2D eigenvalue weighted by Gasteiger charge is -2.46. The van der Waals surface area contributed by atoms with Gasteiger partial charge in [-0.05, 0) is 146 Å². The van der Waals surface area contributed by atoms with Gasteiger partial charge in [-0.3, -0.25) is 19.2 Å². The Hall–Kier alpha value is -8.46. The molecule has 7 unspecified atom stereocenters. The number of carbonyl (C=O) groups is 6. The largest absolute Gasteiger partial charge is 0.505 e. The van der Waals surface area contributed by atoms with Crippen LogP contribution in [0.2, 0.25) is 0 Å². The molecule has 15 N–H and O–H groups in total. The molecule has 29 heteroatoms. The molecule has 10 rings (SSSR count). The third-order valence-corrected chi connectivity index (χ3v) is 19.5. The van der Waals surface area contributed by atoms with E-state index in [0.717, 1.165) is 44.6 Å². The van der Waals surface area contributed by atoms with Gasteiger partial charge < -0.3 is 114 Å². The van der Waals surface area contributed by atoms with Crippen LogP contribution in [0.1, 0.15) is 173 Å². The second-order valence-electron chi connectivity index (χ2n) is 31.2. The van der Waals surface area contributed by atoms with Crippen molar-refractivity contribution < 1.29 is 143 Å². The number of cyclic esters (lactones) is 2. The lowest BCUT2D eigenvalue weighted by molar-refractivity contribution is -0.242. The predicted octanol–water partition coefficient (Wildman–Crippen LogP) is 9.93. The lowest BCUT2D eigenvalue weighted by atomic mass is 9.67. The normalized spacial score (nSPS) is 29.7. The standard InChI is InChI=1S/C20H26O7.C20H28O6.C13H20O2.C13H18O2.2C6H8O6.2CH4/c1-9(2)7-12-10(3)17(23)20(18(24)19(12,5)6)25-8-13(27-20)16-15(22)14(21)11(4)26-16;1-10(2)7-13-11(3)20(15(21)8-19(13,5)6)24-9-14(26-20)18-17(23)16(22)12(4)25-18;2*1-8(2)6-10-9(3)12(15)11(14)7-13(10,4)5;2*7-1-2(8)5-3(9)4(10)6(11)12-5;;/h7,13,16,18,21-22,24H,4,8H2,1-3,5-6H3;7,14-15,18,21-23H,4,8-9H2,1-3,5-6H3;6,11,14H,7H2,1-5H3;6H,7H2,1-5H3;2*2,5,7-10H,1H2;2*1H4/t13?,16-,18?,20?;14?,15?,18-,20?;;;2*2-,5+;;/m11..00../s1. The molecular formula is C80H116O29. The molecule has 0 radical (unpaired) electrons. The van der Waals surface area contributed by atoms with E-state index in [0.29, 0.717) is 36.0 Å². The summed E-state index contributed by atoms with van der Waals surface area (Å²) in [5, 5.41) is 141. The number of rotatable bonds is 10. The number of carbonyl (C=O) groups excluding carboxylic acids is 6. The van der Waals surface area contributed by atoms with Gasteiger partial charge in [0.15, 0.2) is 76.3 Å². The maximum atomic E-state index is 13.1. The highest BCUT2D eigenvalue weighted by atomic mass is 16.8. The van der Waals surface area contributed by atoms with E-state index >= 15 is 0 Å². The SMILES string of the molecule is C.C.C=C1O[C@H](C2COC3(O2)C(=O)C(C)=C(C=C(C)C)C(C)(C)C3O)C(O)=C1O.C=C1O[C@H](C2COC3(O2)C(C)=C(C=C(C)C)C(C)(C)CC3O)C(O)=C1O.CC(C)=CC1=C(C)C(=O)C(=O)CC1(C)C.CC(C)=CC1=C(C)C(=O)C(O)CC1(C)C.O=C1O[C@H]([C@@H](O)CO)C(O)=C1O.O=C1O[C@H]([C@@H](O)CO)C(O)=C1O. The lowest BCUT2D eigenvalue weighted by Crippen LogP contribution is -2.61. The van der Waals surface area contributed by atoms with Gasteiger partial charge in [0.2, 0.25) is 34.7 Å². The molecule has 0 amide bonds. The Morgan fingerprint density at radius 3 is 1.22 bits per heavy atom. The monoisotopic (exact) mass is 1540 g/mol. The molecule has 2 spiro atoms. The van der Waals surface area contributed by atoms with Crippen LogP contribution >= 0.6 is 0 Å². The number of allylic oxidation sites excluding steroid dienone is 12. The van der Waals surface area contributed by atoms with E-state index in [1.807, 2.05) is 102 Å². The van der Waals surface area contributed by atoms with Crippen molar-refractivity contribution in [1.82, 2.24) is 0 Å². The Labute approximate surface area is 637 Å². The average molecular weight is 1540 g/mol. The van der Waals surface area contributed by atoms with Crippen LogP contribution in [0.5, 0.6) is 0 Å². The van der Waals surface area contributed by atoms with Crippen molar-refractivity contribution in [2.24, 2.45) is 21.7 Å². The predicted molar refractivity (Wildman–Crippen MR) is 399 cm³/mol. The zero-order valence-corrected chi connectivity index (χ0v) is 64.4. The van der Waals surface area contributed by atoms with Gasteiger partial charge in [0.1, 0.15) is 42.7 Å². The molecule has 6 heterocycles. The smallest absolute Gasteiger partial charge is 0.377 e. The first-order valence-electron chi connectivity index (χ1n) is 34.6. The molecule has 4 aliphatic carbocycles. The van der Waals surface area contributed by atoms with Crippen LogP contribution < -0.4 is 0 Å². The van der Waals surface area contributed by atoms with Crippen LogP contribution in [-0.4, -0.2) is 217 Å². The Kier molecular flexibility index (Phi) is 31.4. The zero-order chi connectivity index (χ0) is 82.0. The van der Waals surface area contributed by atoms with E-state index in [9.17, 15) is 64.5 Å². The van der Waals surface area contributed by atoms with Gasteiger partial charge in [-0.1, -0.05) is 130 Å². The van der Waals surface area contributed by atoms with E-state index in [1.165, 1.54) is 5.57 Å². The minimum absolute atomic E-state index is 0. The summed E-state index contributed by atoms with van der Waals surface area (Å²) in [5.41, 5.74) is 9.57. The summed E-state index contributed by atoms with van der Waals surface area (Å²) < 4.78 is 43.1. The van der Waals surface area contributed by atoms with Crippen LogP contribution in [0.4, 0.5) is 0 Å². The maximum Gasteiger partial charge on any atom is 0.377 e. The molecule has 10 aliphatic rings. The Morgan fingerprint density at radius 1 is 0.486 bits per heavy atom. The molecule has 610 valence electrons. The molecule has 13 atom stereocenters. The summed E-state index contributed by atoms with van der Waals surface area (Å²) in [6, 6.07) is 0. The molecule has 0 aromatic rings. The van der Waals surface area contributed by atoms with Gasteiger partial charge >= 0.3 is 11.9 Å². The highest BCUT2D eigenvalue weighted by Gasteiger charge is 2.64. The second-order valence-corrected chi connectivity index (χ2v) is 31.2. The first-order valence-corrected chi connectivity index (χ1v) is 34.6. The summed E-state index contributed by atoms with van der Waals surface area (Å²) in [5.74, 6) is -11.6. The molecular weight excluding hydrogens is 1420 g/mol. The number of hydrogen-bond acceptors (Lipinski definition) is 29. The third kappa shape index (κ3) is 19.8. The van der Waals surface area contributed by atoms with Crippen molar-refractivity contribution in [1.29, 1.82) is 0 Å². The molecule has 2 saturated heterocycles. The summed E-state index contributed by atoms with van der Waals surface area (Å²) in [6.07, 6.45) is -2.67. The summed E-state index contributed by atoms with van der Waals surface area (Å²) in [6.45, 7) is 44.8. The number of aliphatic hydroxyl groups excluding tert-OH is 15. The van der Waals surface area contributed by atoms with Crippen LogP contribution in [0.3, 0.4) is 0 Å². The fraction of sp³-hybridized carbons (Fsp3) is 0.575. The molecule has 0 bridgehead atoms. The van der Waals surface area contributed by atoms with Gasteiger partial charge in [0, 0.05) is 23.0 Å². The fourth-order valence-corrected chi connectivity index (χ4v) is 13.8. The Balaban J connectivity index is 0.000000349. The van der Waals surface area contributed by atoms with E-state index in [2.05, 4.69) is 62.5 Å². The number of aliphatic hydroxyl groups is 15. The number of ether oxygens (including phenoxy) is 8. The van der Waals surface area contributed by atoms with Gasteiger partial charge in [0.25, 0.3) is 5.79 Å². The van der Waals surface area contributed by atoms with Gasteiger partial charge in [-0.2, -0.15) is 0 Å². The second kappa shape index (κ2) is 36.1. The number of ketones is 4. The van der Waals surface area contributed by atoms with E-state index in [4.69, 9.17) is 69.3 Å². The quantitative estimate of drug-likeness (QED) is 0.0714. The van der Waals surface area contributed by atoms with Crippen molar-refractivity contribution in [3.63, 3.8) is 0 Å². The summed E-state index contributed by atoms with van der Waals surface area (Å²) in [4.78, 5) is 68.9. The molecule has 109 heavy (non-hydrogen) atoms. The van der Waals surface area contributed by atoms with E-state index in [-0.39, 0.29) is 84.7 Å². The van der Waals surface area contributed by atoms with Gasteiger partial charge in [0.05, 0.1) is 26.4 Å². The summed E-state index contributed by atoms with van der Waals surface area (Å²) in [7, 11) is 0. The first-order chi connectivity index (χ1) is 49.1. The van der Waals surface area contributed by atoms with Crippen molar-refractivity contribution in [3.05, 3.63) is 162 Å². The third-order valence-electron chi connectivity index (χ3n) is 19.5. The zero-order valence-electron chi connectivity index (χ0n) is 64.4. The molecule has 2 fully saturated rings. The fourth-order valence-electron chi connectivity index (χ4n) is 13.8. The van der Waals surface area contributed by atoms with Gasteiger partial charge in [-0.15, -0.1) is 0 Å². The molecule has 6 aliphatic heterocycles. The van der Waals surface area contributed by atoms with Crippen LogP contribution in [-0.2, 0) is 66.7 Å². The van der Waals surface area contributed by atoms with Crippen molar-refractivity contribution in [2.45, 2.75) is 251 Å². The maximum absolute atomic E-state index is 13.1. The highest BCUT2D eigenvalue weighted by molar-refractivity contribution is 6.44. The number of Topliss-reactive ketones (excluding diaryl/α,β-unsaturated/α-hetero) is 4. The van der Waals surface area contributed by atoms with Crippen LogP contribution in [0, 0.1) is 21.7 Å². The molecule has 0 aromatic carbocycles.